The number of aldehydes is 1. The molecular formula is C51H37Cl3F9N3O7. The van der Waals surface area contributed by atoms with Gasteiger partial charge in [0.05, 0.1) is 64.5 Å². The van der Waals surface area contributed by atoms with Crippen molar-refractivity contribution < 1.29 is 72.9 Å². The van der Waals surface area contributed by atoms with E-state index in [1.54, 1.807) is 43.5 Å². The lowest BCUT2D eigenvalue weighted by atomic mass is 9.96. The molecule has 0 N–H and O–H groups in total. The van der Waals surface area contributed by atoms with Crippen LogP contribution in [0.15, 0.2) is 97.0 Å². The molecule has 3 heterocycles. The van der Waals surface area contributed by atoms with Crippen molar-refractivity contribution in [1.29, 1.82) is 0 Å². The summed E-state index contributed by atoms with van der Waals surface area (Å²) in [4.78, 5) is 57.2. The molecule has 1 unspecified atom stereocenters. The first-order chi connectivity index (χ1) is 34.4. The highest BCUT2D eigenvalue weighted by Crippen LogP contribution is 2.42. The van der Waals surface area contributed by atoms with Crippen LogP contribution >= 0.6 is 34.8 Å². The van der Waals surface area contributed by atoms with Gasteiger partial charge in [-0.3, -0.25) is 34.1 Å². The average molecular weight is 1080 g/mol. The standard InChI is InChI=1S/C17H13ClF3NO2.C17H11ClF3NO2.C10H9ClO2.C7H4F3NO/c2*1-24-14-5-4-10-11(15(14)18)7-9(16(10)23)8-13-12(17(19,20)21)3-2-6-22-13;1-13-9-5-3-6-7(10(9)11)2-4-8(6)12;8-7(9,10)5-2-1-3-11-6(5)4-12/h2-6,9H,7-8H2,1H3;2-6,8H,7H2,1H3;3,5H,2,4H2,1H3;1-4H/b;9-8+;;. The van der Waals surface area contributed by atoms with Crippen LogP contribution in [0, 0.1) is 5.92 Å². The number of carbonyl (C=O) groups excluding carboxylic acids is 4. The van der Waals surface area contributed by atoms with E-state index in [4.69, 9.17) is 49.0 Å². The molecule has 10 nitrogen and oxygen atoms in total. The van der Waals surface area contributed by atoms with Gasteiger partial charge in [-0.1, -0.05) is 34.8 Å². The van der Waals surface area contributed by atoms with E-state index in [2.05, 4.69) is 15.0 Å². The number of ether oxygens (including phenoxy) is 3. The molecule has 0 amide bonds. The Kier molecular flexibility index (Phi) is 17.4. The summed E-state index contributed by atoms with van der Waals surface area (Å²) in [7, 11) is 4.49. The van der Waals surface area contributed by atoms with Crippen molar-refractivity contribution in [2.45, 2.75) is 50.6 Å². The van der Waals surface area contributed by atoms with Gasteiger partial charge in [-0.25, -0.2) is 0 Å². The van der Waals surface area contributed by atoms with Gasteiger partial charge in [-0.15, -0.1) is 0 Å². The van der Waals surface area contributed by atoms with Crippen LogP contribution in [0.25, 0.3) is 6.08 Å². The van der Waals surface area contributed by atoms with E-state index in [1.807, 2.05) is 0 Å². The molecule has 9 rings (SSSR count). The number of Topliss-reactive ketones (excluding diaryl/α,β-unsaturated/α-hetero) is 3. The van der Waals surface area contributed by atoms with E-state index in [9.17, 15) is 58.7 Å². The van der Waals surface area contributed by atoms with Crippen molar-refractivity contribution >= 4 is 64.5 Å². The molecule has 0 saturated heterocycles. The summed E-state index contributed by atoms with van der Waals surface area (Å²) >= 11 is 18.5. The Morgan fingerprint density at radius 1 is 0.575 bits per heavy atom. The van der Waals surface area contributed by atoms with Crippen LogP contribution < -0.4 is 14.2 Å². The van der Waals surface area contributed by atoms with Gasteiger partial charge in [-0.2, -0.15) is 39.5 Å². The molecular weight excluding hydrogens is 1040 g/mol. The van der Waals surface area contributed by atoms with Crippen molar-refractivity contribution in [3.8, 4) is 17.2 Å². The number of fused-ring (bicyclic) bond motifs is 3. The monoisotopic (exact) mass is 1080 g/mol. The van der Waals surface area contributed by atoms with Crippen LogP contribution in [0.4, 0.5) is 39.5 Å². The second-order valence-electron chi connectivity index (χ2n) is 15.9. The molecule has 73 heavy (non-hydrogen) atoms. The Hall–Kier alpha value is -6.83. The Morgan fingerprint density at radius 2 is 1.04 bits per heavy atom. The molecule has 0 fully saturated rings. The third kappa shape index (κ3) is 12.5. The maximum Gasteiger partial charge on any atom is 0.418 e. The minimum absolute atomic E-state index is 0.0815. The predicted octanol–water partition coefficient (Wildman–Crippen LogP) is 13.3. The number of carbonyl (C=O) groups is 4. The minimum atomic E-state index is -4.55. The highest BCUT2D eigenvalue weighted by Gasteiger charge is 2.39. The van der Waals surface area contributed by atoms with Crippen LogP contribution in [0.3, 0.4) is 0 Å². The van der Waals surface area contributed by atoms with Crippen LogP contribution in [0.2, 0.25) is 15.1 Å². The topological polar surface area (TPSA) is 135 Å². The Balaban J connectivity index is 0.000000166. The number of halogens is 12. The molecule has 0 saturated carbocycles. The summed E-state index contributed by atoms with van der Waals surface area (Å²) in [6.45, 7) is 0. The Morgan fingerprint density at radius 3 is 1.56 bits per heavy atom. The van der Waals surface area contributed by atoms with Gasteiger partial charge < -0.3 is 14.2 Å². The predicted molar refractivity (Wildman–Crippen MR) is 251 cm³/mol. The molecule has 0 bridgehead atoms. The number of pyridine rings is 3. The van der Waals surface area contributed by atoms with E-state index in [0.29, 0.717) is 61.0 Å². The Bertz CT molecular complexity index is 3130. The molecule has 3 aromatic carbocycles. The largest absolute Gasteiger partial charge is 0.495 e. The highest BCUT2D eigenvalue weighted by atomic mass is 35.5. The molecule has 3 aromatic heterocycles. The lowest BCUT2D eigenvalue weighted by molar-refractivity contribution is -0.139. The van der Waals surface area contributed by atoms with Crippen LogP contribution in [0.5, 0.6) is 17.2 Å². The van der Waals surface area contributed by atoms with Crippen molar-refractivity contribution in [1.82, 2.24) is 15.0 Å². The summed E-state index contributed by atoms with van der Waals surface area (Å²) in [6, 6.07) is 16.1. The molecule has 22 heteroatoms. The lowest BCUT2D eigenvalue weighted by Crippen LogP contribution is -2.17. The third-order valence-corrected chi connectivity index (χ3v) is 12.8. The summed E-state index contributed by atoms with van der Waals surface area (Å²) in [5.41, 5.74) is 0.205. The number of ketones is 3. The van der Waals surface area contributed by atoms with Gasteiger partial charge in [-0.05, 0) is 108 Å². The molecule has 6 aromatic rings. The maximum absolute atomic E-state index is 13.1. The third-order valence-electron chi connectivity index (χ3n) is 11.5. The zero-order chi connectivity index (χ0) is 53.6. The fourth-order valence-corrected chi connectivity index (χ4v) is 9.00. The fraction of sp³-hybridized carbons (Fsp3) is 0.235. The molecule has 0 spiro atoms. The van der Waals surface area contributed by atoms with Gasteiger partial charge in [0.1, 0.15) is 22.9 Å². The van der Waals surface area contributed by atoms with Gasteiger partial charge in [0.15, 0.2) is 23.6 Å². The van der Waals surface area contributed by atoms with Crippen molar-refractivity contribution in [3.05, 3.63) is 179 Å². The zero-order valence-electron chi connectivity index (χ0n) is 38.2. The molecule has 1 atom stereocenters. The minimum Gasteiger partial charge on any atom is -0.495 e. The summed E-state index contributed by atoms with van der Waals surface area (Å²) < 4.78 is 130. The number of nitrogens with zero attached hydrogens (tertiary/aromatic N) is 3. The van der Waals surface area contributed by atoms with E-state index >= 15 is 0 Å². The molecule has 382 valence electrons. The smallest absolute Gasteiger partial charge is 0.418 e. The van der Waals surface area contributed by atoms with Crippen LogP contribution in [0.1, 0.15) is 92.8 Å². The van der Waals surface area contributed by atoms with Crippen molar-refractivity contribution in [2.24, 2.45) is 5.92 Å². The normalized spacial score (nSPS) is 15.2. The Labute approximate surface area is 425 Å². The van der Waals surface area contributed by atoms with E-state index in [0.717, 1.165) is 48.0 Å². The maximum atomic E-state index is 13.1. The van der Waals surface area contributed by atoms with E-state index in [1.165, 1.54) is 44.8 Å². The molecule has 0 radical (unpaired) electrons. The SMILES string of the molecule is COc1ccc2c(c1Cl)C/C(=C\c1ncccc1C(F)(F)F)C2=O.COc1ccc2c(c1Cl)CC(Cc1ncccc1C(F)(F)F)C2=O.COc1ccc2c(c1Cl)CCC2=O.O=Cc1ncccc1C(F)(F)F. The van der Waals surface area contributed by atoms with Gasteiger partial charge >= 0.3 is 18.5 Å². The molecule has 3 aliphatic rings. The van der Waals surface area contributed by atoms with Crippen LogP contribution in [-0.2, 0) is 44.2 Å². The summed E-state index contributed by atoms with van der Waals surface area (Å²) in [6.07, 6.45) is -6.96. The lowest BCUT2D eigenvalue weighted by Gasteiger charge is -2.14. The molecule has 3 aliphatic carbocycles. The zero-order valence-corrected chi connectivity index (χ0v) is 40.4. The van der Waals surface area contributed by atoms with E-state index in [-0.39, 0.29) is 59.9 Å². The number of hydrogen-bond acceptors (Lipinski definition) is 10. The number of hydrogen-bond donors (Lipinski definition) is 0. The first-order valence-corrected chi connectivity index (χ1v) is 22.5. The van der Waals surface area contributed by atoms with E-state index < -0.39 is 46.8 Å². The van der Waals surface area contributed by atoms with Gasteiger partial charge in [0.25, 0.3) is 0 Å². The number of benzene rings is 3. The van der Waals surface area contributed by atoms with Crippen molar-refractivity contribution in [3.63, 3.8) is 0 Å². The second kappa shape index (κ2) is 22.9. The first-order valence-electron chi connectivity index (χ1n) is 21.3. The average Bonchev–Trinajstić information content (AvgIpc) is 4.01. The van der Waals surface area contributed by atoms with Gasteiger partial charge in [0.2, 0.25) is 0 Å². The second-order valence-corrected chi connectivity index (χ2v) is 17.0. The first kappa shape index (κ1) is 55.5. The number of allylic oxidation sites excluding steroid dienone is 1. The summed E-state index contributed by atoms with van der Waals surface area (Å²) in [5, 5.41) is 1.22. The number of alkyl halides is 9. The highest BCUT2D eigenvalue weighted by molar-refractivity contribution is 6.35. The van der Waals surface area contributed by atoms with Gasteiger partial charge in [0, 0.05) is 66.0 Å². The van der Waals surface area contributed by atoms with Crippen molar-refractivity contribution in [2.75, 3.05) is 21.3 Å². The molecule has 0 aliphatic heterocycles. The quantitative estimate of drug-likeness (QED) is 0.0864. The fourth-order valence-electron chi connectivity index (χ4n) is 8.03. The van der Waals surface area contributed by atoms with Crippen LogP contribution in [-0.4, -0.2) is 59.9 Å². The summed E-state index contributed by atoms with van der Waals surface area (Å²) in [5.74, 6) is 0.507. The number of rotatable bonds is 7. The number of methoxy groups -OCH3 is 3. The number of aromatic nitrogens is 3.